The van der Waals surface area contributed by atoms with Crippen LogP contribution in [-0.2, 0) is 10.0 Å². The Kier molecular flexibility index (Phi) is 4.40. The van der Waals surface area contributed by atoms with Gasteiger partial charge in [0, 0.05) is 31.4 Å². The van der Waals surface area contributed by atoms with E-state index in [2.05, 4.69) is 9.97 Å². The summed E-state index contributed by atoms with van der Waals surface area (Å²) in [4.78, 5) is 7.37. The van der Waals surface area contributed by atoms with E-state index in [4.69, 9.17) is 0 Å². The normalized spacial score (nSPS) is 19.2. The molecule has 2 heterocycles. The van der Waals surface area contributed by atoms with Crippen LogP contribution in [0.3, 0.4) is 0 Å². The van der Waals surface area contributed by atoms with Gasteiger partial charge in [-0.15, -0.1) is 0 Å². The lowest BCUT2D eigenvalue weighted by atomic mass is 9.98. The van der Waals surface area contributed by atoms with Crippen LogP contribution in [0.5, 0.6) is 0 Å². The molecule has 0 amide bonds. The van der Waals surface area contributed by atoms with E-state index in [1.54, 1.807) is 10.5 Å². The highest BCUT2D eigenvalue weighted by Gasteiger charge is 2.28. The molecule has 1 aromatic heterocycles. The summed E-state index contributed by atoms with van der Waals surface area (Å²) in [6.07, 6.45) is 6.96. The molecular weight excluding hydrogens is 250 g/mol. The van der Waals surface area contributed by atoms with Gasteiger partial charge in [0.1, 0.15) is 5.82 Å². The summed E-state index contributed by atoms with van der Waals surface area (Å²) in [5.74, 6) is 1.65. The lowest BCUT2D eigenvalue weighted by molar-refractivity contribution is 0.314. The average Bonchev–Trinajstić information content (AvgIpc) is 2.90. The van der Waals surface area contributed by atoms with E-state index in [9.17, 15) is 8.42 Å². The summed E-state index contributed by atoms with van der Waals surface area (Å²) < 4.78 is 25.7. The fraction of sp³-hybridized carbons (Fsp3) is 0.750. The van der Waals surface area contributed by atoms with Crippen LogP contribution in [-0.4, -0.2) is 41.5 Å². The molecule has 2 rings (SSSR count). The van der Waals surface area contributed by atoms with Gasteiger partial charge in [-0.1, -0.05) is 13.3 Å². The molecule has 0 aromatic carbocycles. The third-order valence-electron chi connectivity index (χ3n) is 3.51. The Hall–Kier alpha value is -0.880. The smallest absolute Gasteiger partial charge is 0.214 e. The number of nitrogens with one attached hydrogen (secondary N) is 1. The van der Waals surface area contributed by atoms with Crippen LogP contribution in [0, 0.1) is 0 Å². The zero-order chi connectivity index (χ0) is 13.0. The Bertz CT molecular complexity index is 448. The number of aromatic amines is 1. The van der Waals surface area contributed by atoms with Gasteiger partial charge < -0.3 is 4.98 Å². The molecule has 0 unspecified atom stereocenters. The predicted octanol–water partition coefficient (Wildman–Crippen LogP) is 1.72. The van der Waals surface area contributed by atoms with Crippen molar-refractivity contribution in [1.29, 1.82) is 0 Å². The summed E-state index contributed by atoms with van der Waals surface area (Å²) in [5.41, 5.74) is 0. The lowest BCUT2D eigenvalue weighted by Gasteiger charge is -2.30. The van der Waals surface area contributed by atoms with Gasteiger partial charge in [-0.2, -0.15) is 0 Å². The minimum atomic E-state index is -3.04. The molecule has 0 atom stereocenters. The van der Waals surface area contributed by atoms with Crippen molar-refractivity contribution in [3.8, 4) is 0 Å². The quantitative estimate of drug-likeness (QED) is 0.886. The second-order valence-corrected chi connectivity index (χ2v) is 6.91. The van der Waals surface area contributed by atoms with Crippen molar-refractivity contribution in [2.45, 2.75) is 38.5 Å². The zero-order valence-electron chi connectivity index (χ0n) is 10.8. The fourth-order valence-electron chi connectivity index (χ4n) is 2.36. The van der Waals surface area contributed by atoms with Gasteiger partial charge in [-0.05, 0) is 19.3 Å². The maximum atomic E-state index is 12.0. The third kappa shape index (κ3) is 3.11. The Morgan fingerprint density at radius 1 is 1.44 bits per heavy atom. The van der Waals surface area contributed by atoms with E-state index in [0.717, 1.165) is 31.5 Å². The first-order valence-corrected chi connectivity index (χ1v) is 8.21. The molecule has 0 aliphatic carbocycles. The molecule has 102 valence electrons. The lowest BCUT2D eigenvalue weighted by Crippen LogP contribution is -2.39. The van der Waals surface area contributed by atoms with Crippen LogP contribution in [0.15, 0.2) is 12.4 Å². The highest BCUT2D eigenvalue weighted by molar-refractivity contribution is 7.89. The van der Waals surface area contributed by atoms with Gasteiger partial charge >= 0.3 is 0 Å². The van der Waals surface area contributed by atoms with Gasteiger partial charge in [0.15, 0.2) is 0 Å². The van der Waals surface area contributed by atoms with Gasteiger partial charge in [0.25, 0.3) is 0 Å². The SMILES string of the molecule is CCCCS(=O)(=O)N1CCC(c2ncc[nH]2)CC1. The Morgan fingerprint density at radius 2 is 2.17 bits per heavy atom. The fourth-order valence-corrected chi connectivity index (χ4v) is 4.04. The number of unbranched alkanes of at least 4 members (excludes halogenated alkanes) is 1. The van der Waals surface area contributed by atoms with Crippen molar-refractivity contribution in [3.63, 3.8) is 0 Å². The first-order chi connectivity index (χ1) is 8.63. The number of imidazole rings is 1. The van der Waals surface area contributed by atoms with Crippen LogP contribution in [0.25, 0.3) is 0 Å². The zero-order valence-corrected chi connectivity index (χ0v) is 11.6. The average molecular weight is 271 g/mol. The maximum absolute atomic E-state index is 12.0. The van der Waals surface area contributed by atoms with E-state index in [-0.39, 0.29) is 5.75 Å². The predicted molar refractivity (Wildman–Crippen MR) is 70.8 cm³/mol. The highest BCUT2D eigenvalue weighted by atomic mass is 32.2. The molecule has 1 N–H and O–H groups in total. The number of hydrogen-bond acceptors (Lipinski definition) is 3. The summed E-state index contributed by atoms with van der Waals surface area (Å²) >= 11 is 0. The molecule has 0 saturated carbocycles. The number of aromatic nitrogens is 2. The van der Waals surface area contributed by atoms with E-state index < -0.39 is 10.0 Å². The van der Waals surface area contributed by atoms with Gasteiger partial charge in [0.2, 0.25) is 10.0 Å². The summed E-state index contributed by atoms with van der Waals surface area (Å²) in [7, 11) is -3.04. The first-order valence-electron chi connectivity index (χ1n) is 6.60. The molecule has 18 heavy (non-hydrogen) atoms. The van der Waals surface area contributed by atoms with Gasteiger partial charge in [-0.25, -0.2) is 17.7 Å². The number of sulfonamides is 1. The largest absolute Gasteiger partial charge is 0.348 e. The van der Waals surface area contributed by atoms with Crippen LogP contribution < -0.4 is 0 Å². The van der Waals surface area contributed by atoms with Crippen LogP contribution >= 0.6 is 0 Å². The maximum Gasteiger partial charge on any atom is 0.214 e. The summed E-state index contributed by atoms with van der Waals surface area (Å²) in [6, 6.07) is 0. The van der Waals surface area contributed by atoms with Crippen molar-refractivity contribution in [2.75, 3.05) is 18.8 Å². The Labute approximate surface area is 109 Å². The van der Waals surface area contributed by atoms with Crippen molar-refractivity contribution in [1.82, 2.24) is 14.3 Å². The van der Waals surface area contributed by atoms with Crippen LogP contribution in [0.4, 0.5) is 0 Å². The standard InChI is InChI=1S/C12H21N3O2S/c1-2-3-10-18(16,17)15-8-4-11(5-9-15)12-13-6-7-14-12/h6-7,11H,2-5,8-10H2,1H3,(H,13,14). The molecule has 5 nitrogen and oxygen atoms in total. The Balaban J connectivity index is 1.90. The van der Waals surface area contributed by atoms with Crippen molar-refractivity contribution in [2.24, 2.45) is 0 Å². The van der Waals surface area contributed by atoms with E-state index >= 15 is 0 Å². The minimum Gasteiger partial charge on any atom is -0.348 e. The van der Waals surface area contributed by atoms with E-state index in [0.29, 0.717) is 19.0 Å². The number of H-pyrrole nitrogens is 1. The van der Waals surface area contributed by atoms with Crippen LogP contribution in [0.1, 0.15) is 44.3 Å². The van der Waals surface area contributed by atoms with Gasteiger partial charge in [-0.3, -0.25) is 0 Å². The Morgan fingerprint density at radius 3 is 2.72 bits per heavy atom. The summed E-state index contributed by atoms with van der Waals surface area (Å²) in [6.45, 7) is 3.26. The molecule has 1 aromatic rings. The molecule has 1 fully saturated rings. The number of hydrogen-bond donors (Lipinski definition) is 1. The van der Waals surface area contributed by atoms with Crippen molar-refractivity contribution in [3.05, 3.63) is 18.2 Å². The van der Waals surface area contributed by atoms with Gasteiger partial charge in [0.05, 0.1) is 5.75 Å². The highest BCUT2D eigenvalue weighted by Crippen LogP contribution is 2.26. The molecular formula is C12H21N3O2S. The molecule has 1 aliphatic heterocycles. The minimum absolute atomic E-state index is 0.287. The molecule has 6 heteroatoms. The van der Waals surface area contributed by atoms with E-state index in [1.807, 2.05) is 13.1 Å². The number of nitrogens with zero attached hydrogens (tertiary/aromatic N) is 2. The monoisotopic (exact) mass is 271 g/mol. The van der Waals surface area contributed by atoms with Crippen molar-refractivity contribution >= 4 is 10.0 Å². The number of rotatable bonds is 5. The number of piperidine rings is 1. The second-order valence-electron chi connectivity index (χ2n) is 4.82. The molecule has 0 spiro atoms. The van der Waals surface area contributed by atoms with Crippen molar-refractivity contribution < 1.29 is 8.42 Å². The topological polar surface area (TPSA) is 66.1 Å². The first kappa shape index (κ1) is 13.5. The molecule has 0 radical (unpaired) electrons. The molecule has 1 saturated heterocycles. The van der Waals surface area contributed by atoms with E-state index in [1.165, 1.54) is 0 Å². The molecule has 1 aliphatic rings. The second kappa shape index (κ2) is 5.84. The summed E-state index contributed by atoms with van der Waals surface area (Å²) in [5, 5.41) is 0. The van der Waals surface area contributed by atoms with Crippen LogP contribution in [0.2, 0.25) is 0 Å². The molecule has 0 bridgehead atoms. The third-order valence-corrected chi connectivity index (χ3v) is 5.47.